The van der Waals surface area contributed by atoms with Crippen molar-refractivity contribution in [2.45, 2.75) is 19.3 Å². The Labute approximate surface area is 167 Å². The number of fused-ring (bicyclic) bond motifs is 2. The Morgan fingerprint density at radius 3 is 2.79 bits per heavy atom. The third-order valence-corrected chi connectivity index (χ3v) is 4.64. The summed E-state index contributed by atoms with van der Waals surface area (Å²) >= 11 is 0. The van der Waals surface area contributed by atoms with Gasteiger partial charge < -0.3 is 19.5 Å². The first kappa shape index (κ1) is 18.7. The number of ether oxygens (including phenoxy) is 1. The first-order valence-corrected chi connectivity index (χ1v) is 9.51. The fraction of sp³-hybridized carbons (Fsp3) is 0.227. The first-order chi connectivity index (χ1) is 14.2. The maximum absolute atomic E-state index is 11.9. The van der Waals surface area contributed by atoms with Gasteiger partial charge in [0.05, 0.1) is 6.42 Å². The van der Waals surface area contributed by atoms with Crippen LogP contribution in [0.1, 0.15) is 17.9 Å². The SMILES string of the molecule is O=C(COC(=O)CCc1nc2ccccc2o1)NCCc1c[nH]c2ccccc12. The lowest BCUT2D eigenvalue weighted by Crippen LogP contribution is -2.30. The maximum Gasteiger partial charge on any atom is 0.306 e. The molecule has 0 atom stereocenters. The zero-order valence-corrected chi connectivity index (χ0v) is 15.8. The van der Waals surface area contributed by atoms with Crippen LogP contribution >= 0.6 is 0 Å². The molecule has 0 unspecified atom stereocenters. The van der Waals surface area contributed by atoms with Crippen molar-refractivity contribution in [3.05, 3.63) is 66.2 Å². The lowest BCUT2D eigenvalue weighted by Gasteiger charge is -2.06. The Balaban J connectivity index is 1.16. The van der Waals surface area contributed by atoms with Crippen molar-refractivity contribution in [3.63, 3.8) is 0 Å². The van der Waals surface area contributed by atoms with Crippen molar-refractivity contribution in [2.75, 3.05) is 13.2 Å². The molecule has 0 saturated carbocycles. The number of oxazole rings is 1. The number of nitrogens with zero attached hydrogens (tertiary/aromatic N) is 1. The molecule has 0 saturated heterocycles. The highest BCUT2D eigenvalue weighted by molar-refractivity contribution is 5.83. The lowest BCUT2D eigenvalue weighted by molar-refractivity contribution is -0.148. The van der Waals surface area contributed by atoms with Crippen molar-refractivity contribution >= 4 is 33.9 Å². The molecule has 0 aliphatic rings. The molecular formula is C22H21N3O4. The molecule has 4 aromatic rings. The number of hydrogen-bond acceptors (Lipinski definition) is 5. The maximum atomic E-state index is 11.9. The molecule has 1 amide bonds. The number of aromatic nitrogens is 2. The van der Waals surface area contributed by atoms with E-state index in [1.165, 1.54) is 0 Å². The zero-order valence-electron chi connectivity index (χ0n) is 15.8. The van der Waals surface area contributed by atoms with Crippen LogP contribution < -0.4 is 5.32 Å². The number of rotatable bonds is 8. The summed E-state index contributed by atoms with van der Waals surface area (Å²) < 4.78 is 10.6. The van der Waals surface area contributed by atoms with Crippen LogP contribution in [0.5, 0.6) is 0 Å². The number of aryl methyl sites for hydroxylation is 1. The number of esters is 1. The second kappa shape index (κ2) is 8.60. The van der Waals surface area contributed by atoms with Gasteiger partial charge in [0.2, 0.25) is 0 Å². The summed E-state index contributed by atoms with van der Waals surface area (Å²) in [5.41, 5.74) is 3.65. The van der Waals surface area contributed by atoms with Gasteiger partial charge in [0, 0.05) is 30.1 Å². The number of H-pyrrole nitrogens is 1. The first-order valence-electron chi connectivity index (χ1n) is 9.51. The molecule has 148 valence electrons. The number of carbonyl (C=O) groups excluding carboxylic acids is 2. The molecule has 0 spiro atoms. The van der Waals surface area contributed by atoms with Crippen molar-refractivity contribution in [3.8, 4) is 0 Å². The predicted octanol–water partition coefficient (Wildman–Crippen LogP) is 3.14. The molecule has 0 aliphatic heterocycles. The summed E-state index contributed by atoms with van der Waals surface area (Å²) in [6, 6.07) is 15.4. The standard InChI is InChI=1S/C22H21N3O4/c26-20(23-12-11-15-13-24-17-6-2-1-5-16(15)17)14-28-22(27)10-9-21-25-18-7-3-4-8-19(18)29-21/h1-8,13,24H,9-12,14H2,(H,23,26). The average molecular weight is 391 g/mol. The zero-order chi connectivity index (χ0) is 20.1. The van der Waals surface area contributed by atoms with E-state index in [0.29, 0.717) is 30.9 Å². The fourth-order valence-electron chi connectivity index (χ4n) is 3.18. The summed E-state index contributed by atoms with van der Waals surface area (Å²) in [6.07, 6.45) is 3.08. The predicted molar refractivity (Wildman–Crippen MR) is 108 cm³/mol. The normalized spacial score (nSPS) is 11.0. The lowest BCUT2D eigenvalue weighted by atomic mass is 10.1. The molecule has 0 radical (unpaired) electrons. The molecule has 0 fully saturated rings. The van der Waals surface area contributed by atoms with E-state index < -0.39 is 5.97 Å². The van der Waals surface area contributed by atoms with Crippen LogP contribution in [0.4, 0.5) is 0 Å². The summed E-state index contributed by atoms with van der Waals surface area (Å²) in [5.74, 6) is -0.301. The molecule has 0 bridgehead atoms. The topological polar surface area (TPSA) is 97.2 Å². The molecule has 2 aromatic heterocycles. The minimum absolute atomic E-state index is 0.107. The van der Waals surface area contributed by atoms with Gasteiger partial charge in [-0.2, -0.15) is 0 Å². The minimum Gasteiger partial charge on any atom is -0.456 e. The third kappa shape index (κ3) is 4.63. The second-order valence-corrected chi connectivity index (χ2v) is 6.70. The Morgan fingerprint density at radius 2 is 1.90 bits per heavy atom. The Kier molecular flexibility index (Phi) is 5.56. The quantitative estimate of drug-likeness (QED) is 0.450. The van der Waals surface area contributed by atoms with Crippen LogP contribution in [0.2, 0.25) is 0 Å². The number of carbonyl (C=O) groups is 2. The van der Waals surface area contributed by atoms with E-state index >= 15 is 0 Å². The Hall–Kier alpha value is -3.61. The Morgan fingerprint density at radius 1 is 1.07 bits per heavy atom. The summed E-state index contributed by atoms with van der Waals surface area (Å²) in [5, 5.41) is 3.92. The van der Waals surface area contributed by atoms with Gasteiger partial charge in [0.25, 0.3) is 5.91 Å². The van der Waals surface area contributed by atoms with E-state index in [0.717, 1.165) is 22.0 Å². The summed E-state index contributed by atoms with van der Waals surface area (Å²) in [7, 11) is 0. The average Bonchev–Trinajstić information content (AvgIpc) is 3.34. The molecule has 2 aromatic carbocycles. The summed E-state index contributed by atoms with van der Waals surface area (Å²) in [4.78, 5) is 31.3. The monoisotopic (exact) mass is 391 g/mol. The van der Waals surface area contributed by atoms with Crippen molar-refractivity contribution in [2.24, 2.45) is 0 Å². The Bertz CT molecular complexity index is 1110. The van der Waals surface area contributed by atoms with Crippen molar-refractivity contribution in [1.82, 2.24) is 15.3 Å². The van der Waals surface area contributed by atoms with Gasteiger partial charge in [-0.05, 0) is 30.2 Å². The molecular weight excluding hydrogens is 370 g/mol. The number of hydrogen-bond donors (Lipinski definition) is 2. The van der Waals surface area contributed by atoms with Crippen LogP contribution in [0.25, 0.3) is 22.0 Å². The van der Waals surface area contributed by atoms with Gasteiger partial charge in [0.15, 0.2) is 18.1 Å². The van der Waals surface area contributed by atoms with Gasteiger partial charge >= 0.3 is 5.97 Å². The van der Waals surface area contributed by atoms with E-state index in [1.54, 1.807) is 0 Å². The number of para-hydroxylation sites is 3. The van der Waals surface area contributed by atoms with E-state index in [9.17, 15) is 9.59 Å². The van der Waals surface area contributed by atoms with E-state index in [4.69, 9.17) is 9.15 Å². The highest BCUT2D eigenvalue weighted by Gasteiger charge is 2.11. The summed E-state index contributed by atoms with van der Waals surface area (Å²) in [6.45, 7) is 0.182. The van der Waals surface area contributed by atoms with Gasteiger partial charge in [0.1, 0.15) is 5.52 Å². The van der Waals surface area contributed by atoms with Gasteiger partial charge in [-0.3, -0.25) is 9.59 Å². The molecule has 7 nitrogen and oxygen atoms in total. The van der Waals surface area contributed by atoms with E-state index in [-0.39, 0.29) is 18.9 Å². The smallest absolute Gasteiger partial charge is 0.306 e. The highest BCUT2D eigenvalue weighted by Crippen LogP contribution is 2.18. The van der Waals surface area contributed by atoms with Crippen LogP contribution in [0.15, 0.2) is 59.1 Å². The number of nitrogens with one attached hydrogen (secondary N) is 2. The molecule has 4 rings (SSSR count). The second-order valence-electron chi connectivity index (χ2n) is 6.70. The van der Waals surface area contributed by atoms with Gasteiger partial charge in [-0.15, -0.1) is 0 Å². The fourth-order valence-corrected chi connectivity index (χ4v) is 3.18. The number of aromatic amines is 1. The van der Waals surface area contributed by atoms with Crippen molar-refractivity contribution < 1.29 is 18.7 Å². The molecule has 29 heavy (non-hydrogen) atoms. The minimum atomic E-state index is -0.459. The van der Waals surface area contributed by atoms with Crippen LogP contribution in [-0.4, -0.2) is 35.0 Å². The molecule has 7 heteroatoms. The van der Waals surface area contributed by atoms with E-state index in [1.807, 2.05) is 54.7 Å². The largest absolute Gasteiger partial charge is 0.456 e. The molecule has 2 N–H and O–H groups in total. The molecule has 0 aliphatic carbocycles. The van der Waals surface area contributed by atoms with Crippen LogP contribution in [0.3, 0.4) is 0 Å². The van der Waals surface area contributed by atoms with Gasteiger partial charge in [-0.25, -0.2) is 4.98 Å². The van der Waals surface area contributed by atoms with Crippen LogP contribution in [0, 0.1) is 0 Å². The number of amides is 1. The van der Waals surface area contributed by atoms with Crippen molar-refractivity contribution in [1.29, 1.82) is 0 Å². The molecule has 2 heterocycles. The van der Waals surface area contributed by atoms with Gasteiger partial charge in [-0.1, -0.05) is 30.3 Å². The highest BCUT2D eigenvalue weighted by atomic mass is 16.5. The van der Waals surface area contributed by atoms with Crippen LogP contribution in [-0.2, 0) is 27.2 Å². The third-order valence-electron chi connectivity index (χ3n) is 4.64. The van der Waals surface area contributed by atoms with E-state index in [2.05, 4.69) is 15.3 Å². The number of benzene rings is 2.